The van der Waals surface area contributed by atoms with Crippen LogP contribution in [0, 0.1) is 0 Å². The van der Waals surface area contributed by atoms with Gasteiger partial charge in [-0.15, -0.1) is 0 Å². The number of benzene rings is 1. The maximum absolute atomic E-state index is 12.9. The van der Waals surface area contributed by atoms with Gasteiger partial charge in [-0.1, -0.05) is 29.1 Å². The first-order valence-corrected chi connectivity index (χ1v) is 9.72. The topological polar surface area (TPSA) is 96.2 Å². The first-order chi connectivity index (χ1) is 13.8. The Balaban J connectivity index is 1.60. The first-order valence-electron chi connectivity index (χ1n) is 8.74. The van der Waals surface area contributed by atoms with Crippen LogP contribution in [0.2, 0.25) is 0 Å². The van der Waals surface area contributed by atoms with Crippen molar-refractivity contribution in [1.82, 2.24) is 19.7 Å². The van der Waals surface area contributed by atoms with Crippen molar-refractivity contribution in [3.05, 3.63) is 58.9 Å². The lowest BCUT2D eigenvalue weighted by Gasteiger charge is -2.12. The second-order valence-corrected chi connectivity index (χ2v) is 6.93. The summed E-state index contributed by atoms with van der Waals surface area (Å²) in [5.74, 6) is 1.76. The molecule has 0 atom stereocenters. The van der Waals surface area contributed by atoms with E-state index in [9.17, 15) is 4.79 Å². The highest BCUT2D eigenvalue weighted by molar-refractivity contribution is 7.98. The molecule has 144 valence electrons. The van der Waals surface area contributed by atoms with Gasteiger partial charge in [-0.25, -0.2) is 4.98 Å². The third-order valence-corrected chi connectivity index (χ3v) is 5.05. The average Bonchev–Trinajstić information content (AvgIpc) is 3.40. The molecular formula is C19H18N4O4S. The van der Waals surface area contributed by atoms with E-state index in [2.05, 4.69) is 15.1 Å². The Kier molecular flexibility index (Phi) is 5.54. The van der Waals surface area contributed by atoms with E-state index in [1.54, 1.807) is 36.1 Å². The summed E-state index contributed by atoms with van der Waals surface area (Å²) in [5, 5.41) is 5.13. The van der Waals surface area contributed by atoms with E-state index in [4.69, 9.17) is 13.7 Å². The first kappa shape index (κ1) is 18.5. The van der Waals surface area contributed by atoms with Crippen molar-refractivity contribution in [3.8, 4) is 11.6 Å². The van der Waals surface area contributed by atoms with E-state index < -0.39 is 0 Å². The van der Waals surface area contributed by atoms with Gasteiger partial charge in [-0.05, 0) is 30.7 Å². The Hall–Kier alpha value is -2.91. The van der Waals surface area contributed by atoms with E-state index in [1.807, 2.05) is 18.2 Å². The molecule has 0 bridgehead atoms. The monoisotopic (exact) mass is 398 g/mol. The molecule has 0 saturated heterocycles. The molecule has 8 nitrogen and oxygen atoms in total. The fraction of sp³-hybridized carbons (Fsp3) is 0.263. The van der Waals surface area contributed by atoms with Crippen LogP contribution in [0.3, 0.4) is 0 Å². The van der Waals surface area contributed by atoms with Crippen LogP contribution >= 0.6 is 11.8 Å². The minimum absolute atomic E-state index is 0.0639. The van der Waals surface area contributed by atoms with Crippen LogP contribution in [0.15, 0.2) is 61.6 Å². The molecule has 0 spiro atoms. The number of rotatable bonds is 8. The van der Waals surface area contributed by atoms with Crippen LogP contribution in [-0.4, -0.2) is 33.4 Å². The Morgan fingerprint density at radius 2 is 2.07 bits per heavy atom. The highest BCUT2D eigenvalue weighted by Crippen LogP contribution is 2.23. The van der Waals surface area contributed by atoms with Gasteiger partial charge >= 0.3 is 0 Å². The van der Waals surface area contributed by atoms with Crippen LogP contribution in [-0.2, 0) is 17.0 Å². The number of thioether (sulfide) groups is 1. The third kappa shape index (κ3) is 3.85. The predicted molar refractivity (Wildman–Crippen MR) is 104 cm³/mol. The van der Waals surface area contributed by atoms with Crippen LogP contribution in [0.25, 0.3) is 22.5 Å². The van der Waals surface area contributed by atoms with E-state index in [-0.39, 0.29) is 5.56 Å². The number of ether oxygens (including phenoxy) is 1. The zero-order valence-electron chi connectivity index (χ0n) is 15.2. The van der Waals surface area contributed by atoms with Gasteiger partial charge in [0.2, 0.25) is 11.7 Å². The maximum Gasteiger partial charge on any atom is 0.262 e. The van der Waals surface area contributed by atoms with Crippen LogP contribution < -0.4 is 5.56 Å². The summed E-state index contributed by atoms with van der Waals surface area (Å²) in [7, 11) is 1.64. The molecule has 0 aliphatic heterocycles. The largest absolute Gasteiger partial charge is 0.461 e. The minimum Gasteiger partial charge on any atom is -0.461 e. The van der Waals surface area contributed by atoms with E-state index in [0.29, 0.717) is 58.9 Å². The zero-order valence-corrected chi connectivity index (χ0v) is 16.0. The quantitative estimate of drug-likeness (QED) is 0.253. The molecule has 0 radical (unpaired) electrons. The highest BCUT2D eigenvalue weighted by atomic mass is 32.2. The molecule has 0 saturated carbocycles. The van der Waals surface area contributed by atoms with Gasteiger partial charge in [0.05, 0.1) is 22.9 Å². The summed E-state index contributed by atoms with van der Waals surface area (Å²) in [6, 6.07) is 10.9. The maximum atomic E-state index is 12.9. The molecule has 3 heterocycles. The van der Waals surface area contributed by atoms with Crippen molar-refractivity contribution >= 4 is 22.7 Å². The molecule has 4 aromatic rings. The Labute approximate surface area is 164 Å². The lowest BCUT2D eigenvalue weighted by Crippen LogP contribution is -2.24. The predicted octanol–water partition coefficient (Wildman–Crippen LogP) is 3.37. The van der Waals surface area contributed by atoms with E-state index in [1.165, 1.54) is 11.8 Å². The number of methoxy groups -OCH3 is 1. The van der Waals surface area contributed by atoms with E-state index >= 15 is 0 Å². The third-order valence-electron chi connectivity index (χ3n) is 4.09. The number of para-hydroxylation sites is 1. The second kappa shape index (κ2) is 8.41. The molecule has 0 aliphatic carbocycles. The molecule has 0 N–H and O–H groups in total. The van der Waals surface area contributed by atoms with Crippen molar-refractivity contribution in [2.45, 2.75) is 23.9 Å². The van der Waals surface area contributed by atoms with Crippen LogP contribution in [0.5, 0.6) is 0 Å². The molecule has 1 aromatic carbocycles. The number of furan rings is 1. The van der Waals surface area contributed by atoms with Gasteiger partial charge in [0.15, 0.2) is 10.9 Å². The van der Waals surface area contributed by atoms with Gasteiger partial charge in [0.25, 0.3) is 5.56 Å². The molecule has 3 aromatic heterocycles. The summed E-state index contributed by atoms with van der Waals surface area (Å²) in [6.45, 7) is 1.09. The average molecular weight is 398 g/mol. The lowest BCUT2D eigenvalue weighted by molar-refractivity contribution is 0.189. The summed E-state index contributed by atoms with van der Waals surface area (Å²) < 4.78 is 17.4. The van der Waals surface area contributed by atoms with Crippen molar-refractivity contribution < 1.29 is 13.7 Å². The second-order valence-electron chi connectivity index (χ2n) is 5.99. The van der Waals surface area contributed by atoms with Gasteiger partial charge in [-0.2, -0.15) is 4.98 Å². The zero-order chi connectivity index (χ0) is 19.3. The summed E-state index contributed by atoms with van der Waals surface area (Å²) in [4.78, 5) is 21.9. The van der Waals surface area contributed by atoms with Crippen LogP contribution in [0.4, 0.5) is 0 Å². The Morgan fingerprint density at radius 3 is 2.89 bits per heavy atom. The summed E-state index contributed by atoms with van der Waals surface area (Å²) >= 11 is 1.38. The number of hydrogen-bond acceptors (Lipinski definition) is 8. The molecule has 0 aliphatic rings. The number of aromatic nitrogens is 4. The summed E-state index contributed by atoms with van der Waals surface area (Å²) in [5.41, 5.74) is 0.603. The summed E-state index contributed by atoms with van der Waals surface area (Å²) in [6.07, 6.45) is 2.27. The number of hydrogen-bond donors (Lipinski definition) is 0. The standard InChI is InChI=1S/C19H18N4O4S/c1-25-10-5-9-23-18(24)13-6-2-3-7-14(13)20-19(23)28-12-16-21-17(22-27-16)15-8-4-11-26-15/h2-4,6-8,11H,5,9-10,12H2,1H3. The smallest absolute Gasteiger partial charge is 0.262 e. The molecule has 9 heteroatoms. The van der Waals surface area contributed by atoms with Gasteiger partial charge in [-0.3, -0.25) is 9.36 Å². The Morgan fingerprint density at radius 1 is 1.18 bits per heavy atom. The molecular weight excluding hydrogens is 380 g/mol. The van der Waals surface area contributed by atoms with Crippen molar-refractivity contribution in [1.29, 1.82) is 0 Å². The molecule has 0 amide bonds. The SMILES string of the molecule is COCCCn1c(SCc2nc(-c3ccco3)no2)nc2ccccc2c1=O. The van der Waals surface area contributed by atoms with Crippen molar-refractivity contribution in [2.24, 2.45) is 0 Å². The van der Waals surface area contributed by atoms with Gasteiger partial charge < -0.3 is 13.7 Å². The highest BCUT2D eigenvalue weighted by Gasteiger charge is 2.15. The molecule has 0 fully saturated rings. The molecule has 4 rings (SSSR count). The lowest BCUT2D eigenvalue weighted by atomic mass is 10.2. The number of nitrogens with zero attached hydrogens (tertiary/aromatic N) is 4. The van der Waals surface area contributed by atoms with Gasteiger partial charge in [0, 0.05) is 20.3 Å². The van der Waals surface area contributed by atoms with E-state index in [0.717, 1.165) is 0 Å². The Bertz CT molecular complexity index is 1120. The number of fused-ring (bicyclic) bond motifs is 1. The van der Waals surface area contributed by atoms with Gasteiger partial charge in [0.1, 0.15) is 0 Å². The normalized spacial score (nSPS) is 11.3. The molecule has 28 heavy (non-hydrogen) atoms. The van der Waals surface area contributed by atoms with Crippen LogP contribution in [0.1, 0.15) is 12.3 Å². The fourth-order valence-electron chi connectivity index (χ4n) is 2.77. The minimum atomic E-state index is -0.0639. The fourth-order valence-corrected chi connectivity index (χ4v) is 3.63. The molecule has 0 unspecified atom stereocenters. The van der Waals surface area contributed by atoms with Crippen molar-refractivity contribution in [2.75, 3.05) is 13.7 Å². The van der Waals surface area contributed by atoms with Crippen molar-refractivity contribution in [3.63, 3.8) is 0 Å².